The van der Waals surface area contributed by atoms with E-state index in [9.17, 15) is 18.4 Å². The van der Waals surface area contributed by atoms with Crippen LogP contribution in [0.25, 0.3) is 0 Å². The van der Waals surface area contributed by atoms with Gasteiger partial charge in [0.2, 0.25) is 0 Å². The molecule has 2 fully saturated rings. The highest BCUT2D eigenvalue weighted by Gasteiger charge is 2.50. The number of likely N-dealkylation sites (tertiary alicyclic amines) is 1. The van der Waals surface area contributed by atoms with Crippen LogP contribution in [0.15, 0.2) is 0 Å². The van der Waals surface area contributed by atoms with Gasteiger partial charge in [-0.15, -0.1) is 0 Å². The molecule has 0 aliphatic carbocycles. The van der Waals surface area contributed by atoms with Crippen molar-refractivity contribution in [1.29, 1.82) is 0 Å². The number of carbonyl (C=O) groups excluding carboxylic acids is 2. The van der Waals surface area contributed by atoms with Crippen LogP contribution in [0.3, 0.4) is 0 Å². The van der Waals surface area contributed by atoms with Crippen LogP contribution >= 0.6 is 0 Å². The average molecular weight is 205 g/mol. The fourth-order valence-corrected chi connectivity index (χ4v) is 1.96. The van der Waals surface area contributed by atoms with Crippen molar-refractivity contribution in [2.24, 2.45) is 11.8 Å². The SMILES string of the molecule is O=C1OC(=O)C2CN(CC(F)F)CC12. The minimum Gasteiger partial charge on any atom is -0.393 e. The van der Waals surface area contributed by atoms with Gasteiger partial charge in [0.15, 0.2) is 0 Å². The van der Waals surface area contributed by atoms with E-state index in [1.165, 1.54) is 4.90 Å². The quantitative estimate of drug-likeness (QED) is 0.466. The Labute approximate surface area is 78.8 Å². The third kappa shape index (κ3) is 1.50. The molecule has 0 radical (unpaired) electrons. The molecule has 2 rings (SSSR count). The Morgan fingerprint density at radius 3 is 2.21 bits per heavy atom. The number of alkyl halides is 2. The Kier molecular flexibility index (Phi) is 2.22. The third-order valence-electron chi connectivity index (χ3n) is 2.60. The Bertz CT molecular complexity index is 260. The minimum absolute atomic E-state index is 0.208. The topological polar surface area (TPSA) is 46.6 Å². The molecule has 0 aromatic carbocycles. The molecule has 0 N–H and O–H groups in total. The Balaban J connectivity index is 2.00. The summed E-state index contributed by atoms with van der Waals surface area (Å²) in [5, 5.41) is 0. The zero-order valence-electron chi connectivity index (χ0n) is 7.28. The molecule has 2 atom stereocenters. The van der Waals surface area contributed by atoms with Gasteiger partial charge in [0.1, 0.15) is 0 Å². The molecule has 0 amide bonds. The number of cyclic esters (lactones) is 2. The van der Waals surface area contributed by atoms with E-state index < -0.39 is 30.2 Å². The lowest BCUT2D eigenvalue weighted by molar-refractivity contribution is -0.154. The molecule has 78 valence electrons. The second-order valence-electron chi connectivity index (χ2n) is 3.56. The normalized spacial score (nSPS) is 32.5. The van der Waals surface area contributed by atoms with E-state index in [0.717, 1.165) is 0 Å². The molecule has 0 saturated carbocycles. The lowest BCUT2D eigenvalue weighted by atomic mass is 10.00. The first-order valence-electron chi connectivity index (χ1n) is 4.34. The molecule has 0 spiro atoms. The molecule has 6 heteroatoms. The van der Waals surface area contributed by atoms with Crippen molar-refractivity contribution in [1.82, 2.24) is 4.90 Å². The Morgan fingerprint density at radius 2 is 1.79 bits per heavy atom. The van der Waals surface area contributed by atoms with E-state index in [2.05, 4.69) is 4.74 Å². The second kappa shape index (κ2) is 3.27. The Morgan fingerprint density at radius 1 is 1.29 bits per heavy atom. The van der Waals surface area contributed by atoms with Crippen molar-refractivity contribution in [3.05, 3.63) is 0 Å². The van der Waals surface area contributed by atoms with E-state index in [4.69, 9.17) is 0 Å². The lowest BCUT2D eigenvalue weighted by Gasteiger charge is -2.14. The predicted molar refractivity (Wildman–Crippen MR) is 40.5 cm³/mol. The van der Waals surface area contributed by atoms with Crippen LogP contribution < -0.4 is 0 Å². The number of nitrogens with zero attached hydrogens (tertiary/aromatic N) is 1. The van der Waals surface area contributed by atoms with Gasteiger partial charge in [0.05, 0.1) is 18.4 Å². The molecular weight excluding hydrogens is 196 g/mol. The first kappa shape index (κ1) is 9.51. The molecule has 2 saturated heterocycles. The summed E-state index contributed by atoms with van der Waals surface area (Å²) in [6, 6.07) is 0. The number of hydrogen-bond donors (Lipinski definition) is 0. The van der Waals surface area contributed by atoms with Crippen molar-refractivity contribution < 1.29 is 23.1 Å². The highest BCUT2D eigenvalue weighted by molar-refractivity contribution is 5.97. The lowest BCUT2D eigenvalue weighted by Crippen LogP contribution is -2.29. The summed E-state index contributed by atoms with van der Waals surface area (Å²) in [4.78, 5) is 23.5. The van der Waals surface area contributed by atoms with Crippen molar-refractivity contribution >= 4 is 11.9 Å². The largest absolute Gasteiger partial charge is 0.393 e. The van der Waals surface area contributed by atoms with Crippen LogP contribution in [0.4, 0.5) is 8.78 Å². The van der Waals surface area contributed by atoms with Crippen LogP contribution in [0.5, 0.6) is 0 Å². The zero-order valence-corrected chi connectivity index (χ0v) is 7.28. The maximum absolute atomic E-state index is 12.0. The number of rotatable bonds is 2. The molecular formula is C8H9F2NO3. The molecule has 2 unspecified atom stereocenters. The summed E-state index contributed by atoms with van der Waals surface area (Å²) in [5.74, 6) is -2.20. The molecule has 2 aliphatic rings. The molecule has 0 aromatic heterocycles. The van der Waals surface area contributed by atoms with Gasteiger partial charge in [0.25, 0.3) is 6.43 Å². The monoisotopic (exact) mass is 205 g/mol. The van der Waals surface area contributed by atoms with E-state index in [1.807, 2.05) is 0 Å². The maximum atomic E-state index is 12.0. The zero-order chi connectivity index (χ0) is 10.3. The van der Waals surface area contributed by atoms with E-state index in [0.29, 0.717) is 0 Å². The van der Waals surface area contributed by atoms with E-state index in [1.54, 1.807) is 0 Å². The average Bonchev–Trinajstić information content (AvgIpc) is 2.55. The predicted octanol–water partition coefficient (Wildman–Crippen LogP) is -0.117. The van der Waals surface area contributed by atoms with Crippen molar-refractivity contribution in [3.8, 4) is 0 Å². The summed E-state index contributed by atoms with van der Waals surface area (Å²) >= 11 is 0. The van der Waals surface area contributed by atoms with Gasteiger partial charge in [-0.05, 0) is 0 Å². The molecule has 0 aromatic rings. The smallest absolute Gasteiger partial charge is 0.318 e. The van der Waals surface area contributed by atoms with Gasteiger partial charge >= 0.3 is 11.9 Å². The van der Waals surface area contributed by atoms with Gasteiger partial charge in [-0.2, -0.15) is 0 Å². The fourth-order valence-electron chi connectivity index (χ4n) is 1.96. The van der Waals surface area contributed by atoms with E-state index >= 15 is 0 Å². The van der Waals surface area contributed by atoms with Crippen LogP contribution in [0.1, 0.15) is 0 Å². The van der Waals surface area contributed by atoms with E-state index in [-0.39, 0.29) is 19.6 Å². The van der Waals surface area contributed by atoms with Crippen LogP contribution in [0.2, 0.25) is 0 Å². The standard InChI is InChI=1S/C8H9F2NO3/c9-6(10)3-11-1-4-5(2-11)8(13)14-7(4)12/h4-6H,1-3H2. The highest BCUT2D eigenvalue weighted by Crippen LogP contribution is 2.31. The molecule has 0 bridgehead atoms. The summed E-state index contributed by atoms with van der Waals surface area (Å²) < 4.78 is 28.4. The van der Waals surface area contributed by atoms with Gasteiger partial charge < -0.3 is 4.74 Å². The van der Waals surface area contributed by atoms with Gasteiger partial charge in [0, 0.05) is 13.1 Å². The summed E-state index contributed by atoms with van der Waals surface area (Å²) in [6.07, 6.45) is -2.43. The molecule has 14 heavy (non-hydrogen) atoms. The summed E-state index contributed by atoms with van der Waals surface area (Å²) in [5.41, 5.74) is 0. The van der Waals surface area contributed by atoms with Crippen molar-refractivity contribution in [2.45, 2.75) is 6.43 Å². The summed E-state index contributed by atoms with van der Waals surface area (Å²) in [7, 11) is 0. The number of carbonyl (C=O) groups is 2. The van der Waals surface area contributed by atoms with Gasteiger partial charge in [-0.3, -0.25) is 14.5 Å². The third-order valence-corrected chi connectivity index (χ3v) is 2.60. The van der Waals surface area contributed by atoms with Gasteiger partial charge in [-0.25, -0.2) is 8.78 Å². The first-order valence-corrected chi connectivity index (χ1v) is 4.34. The summed E-state index contributed by atoms with van der Waals surface area (Å²) in [6.45, 7) is 0.0344. The van der Waals surface area contributed by atoms with Crippen molar-refractivity contribution in [3.63, 3.8) is 0 Å². The molecule has 2 heterocycles. The number of esters is 2. The van der Waals surface area contributed by atoms with Gasteiger partial charge in [-0.1, -0.05) is 0 Å². The van der Waals surface area contributed by atoms with Crippen molar-refractivity contribution in [2.75, 3.05) is 19.6 Å². The highest BCUT2D eigenvalue weighted by atomic mass is 19.3. The second-order valence-corrected chi connectivity index (χ2v) is 3.56. The fraction of sp³-hybridized carbons (Fsp3) is 0.750. The van der Waals surface area contributed by atoms with Crippen LogP contribution in [-0.4, -0.2) is 42.9 Å². The molecule has 4 nitrogen and oxygen atoms in total. The molecule has 2 aliphatic heterocycles. The minimum atomic E-state index is -2.43. The maximum Gasteiger partial charge on any atom is 0.318 e. The number of ether oxygens (including phenoxy) is 1. The van der Waals surface area contributed by atoms with Crippen LogP contribution in [0, 0.1) is 11.8 Å². The van der Waals surface area contributed by atoms with Crippen LogP contribution in [-0.2, 0) is 14.3 Å². The number of hydrogen-bond acceptors (Lipinski definition) is 4. The Hall–Kier alpha value is -1.04. The number of fused-ring (bicyclic) bond motifs is 1. The first-order chi connectivity index (χ1) is 6.58. The number of halogens is 2.